The molecule has 2 atom stereocenters. The van der Waals surface area contributed by atoms with Crippen LogP contribution in [0.5, 0.6) is 0 Å². The summed E-state index contributed by atoms with van der Waals surface area (Å²) in [4.78, 5) is 4.59. The molecule has 0 saturated carbocycles. The van der Waals surface area contributed by atoms with Crippen LogP contribution in [-0.2, 0) is 4.74 Å². The van der Waals surface area contributed by atoms with Crippen LogP contribution in [0.2, 0.25) is 10.0 Å². The van der Waals surface area contributed by atoms with Crippen molar-refractivity contribution < 1.29 is 9.84 Å². The fourth-order valence-corrected chi connectivity index (χ4v) is 5.10. The highest BCUT2D eigenvalue weighted by molar-refractivity contribution is 6.42. The van der Waals surface area contributed by atoms with E-state index in [1.807, 2.05) is 42.5 Å². The Morgan fingerprint density at radius 2 is 1.44 bits per heavy atom. The molecule has 1 fully saturated rings. The van der Waals surface area contributed by atoms with Gasteiger partial charge in [-0.05, 0) is 46.2 Å². The van der Waals surface area contributed by atoms with Crippen molar-refractivity contribution in [3.05, 3.63) is 112 Å². The standard InChI is InChI=1S/C30H30Cl2N2O2/c31-28-13-12-26(19-29(28)32)34-16-14-33(15-17-34)20-27(35)21-36-30(23-7-2-1-3-8-23)25-11-10-22-6-4-5-9-24(22)18-25/h1-13,18-19,27,30,35H,14-17,20-21H2. The van der Waals surface area contributed by atoms with E-state index in [2.05, 4.69) is 58.3 Å². The first-order chi connectivity index (χ1) is 17.6. The van der Waals surface area contributed by atoms with Gasteiger partial charge in [0.25, 0.3) is 0 Å². The van der Waals surface area contributed by atoms with Crippen molar-refractivity contribution in [1.82, 2.24) is 4.90 Å². The molecule has 36 heavy (non-hydrogen) atoms. The second-order valence-electron chi connectivity index (χ2n) is 9.27. The third-order valence-corrected chi connectivity index (χ3v) is 7.48. The topological polar surface area (TPSA) is 35.9 Å². The summed E-state index contributed by atoms with van der Waals surface area (Å²) < 4.78 is 6.37. The molecular weight excluding hydrogens is 491 g/mol. The number of hydrogen-bond acceptors (Lipinski definition) is 4. The van der Waals surface area contributed by atoms with Gasteiger partial charge in [0.2, 0.25) is 0 Å². The van der Waals surface area contributed by atoms with Crippen LogP contribution >= 0.6 is 23.2 Å². The number of nitrogens with zero attached hydrogens (tertiary/aromatic N) is 2. The van der Waals surface area contributed by atoms with Crippen LogP contribution in [0.4, 0.5) is 5.69 Å². The average Bonchev–Trinajstić information content (AvgIpc) is 2.91. The lowest BCUT2D eigenvalue weighted by Gasteiger charge is -2.37. The Morgan fingerprint density at radius 1 is 0.722 bits per heavy atom. The number of anilines is 1. The molecule has 1 heterocycles. The van der Waals surface area contributed by atoms with Crippen molar-refractivity contribution >= 4 is 39.7 Å². The molecule has 1 aliphatic heterocycles. The van der Waals surface area contributed by atoms with Crippen LogP contribution in [-0.4, -0.2) is 55.4 Å². The number of fused-ring (bicyclic) bond motifs is 1. The molecule has 0 radical (unpaired) electrons. The molecule has 1 N–H and O–H groups in total. The zero-order valence-corrected chi connectivity index (χ0v) is 21.6. The lowest BCUT2D eigenvalue weighted by Crippen LogP contribution is -2.49. The summed E-state index contributed by atoms with van der Waals surface area (Å²) >= 11 is 12.2. The van der Waals surface area contributed by atoms with Crippen LogP contribution in [0.25, 0.3) is 10.8 Å². The van der Waals surface area contributed by atoms with E-state index in [4.69, 9.17) is 27.9 Å². The zero-order valence-electron chi connectivity index (χ0n) is 20.1. The summed E-state index contributed by atoms with van der Waals surface area (Å²) in [6, 6.07) is 30.7. The van der Waals surface area contributed by atoms with Crippen molar-refractivity contribution in [2.24, 2.45) is 0 Å². The molecule has 1 saturated heterocycles. The highest BCUT2D eigenvalue weighted by Gasteiger charge is 2.22. The van der Waals surface area contributed by atoms with Crippen LogP contribution in [0.1, 0.15) is 17.2 Å². The van der Waals surface area contributed by atoms with Gasteiger partial charge in [-0.15, -0.1) is 0 Å². The first-order valence-corrected chi connectivity index (χ1v) is 13.1. The number of piperazine rings is 1. The Hall–Kier alpha value is -2.60. The quantitative estimate of drug-likeness (QED) is 0.290. The molecule has 0 aromatic heterocycles. The molecule has 4 aromatic carbocycles. The lowest BCUT2D eigenvalue weighted by molar-refractivity contribution is -0.00889. The van der Waals surface area contributed by atoms with Gasteiger partial charge in [-0.2, -0.15) is 0 Å². The maximum absolute atomic E-state index is 10.9. The Bertz CT molecular complexity index is 1290. The van der Waals surface area contributed by atoms with Gasteiger partial charge >= 0.3 is 0 Å². The third kappa shape index (κ3) is 6.03. The number of halogens is 2. The minimum Gasteiger partial charge on any atom is -0.389 e. The second-order valence-corrected chi connectivity index (χ2v) is 10.1. The molecule has 2 unspecified atom stereocenters. The summed E-state index contributed by atoms with van der Waals surface area (Å²) in [5.41, 5.74) is 3.24. The van der Waals surface area contributed by atoms with E-state index in [9.17, 15) is 5.11 Å². The number of aliphatic hydroxyl groups is 1. The molecule has 6 heteroatoms. The van der Waals surface area contributed by atoms with Gasteiger partial charge in [0, 0.05) is 38.4 Å². The summed E-state index contributed by atoms with van der Waals surface area (Å²) in [6.07, 6.45) is -0.815. The maximum atomic E-state index is 10.9. The van der Waals surface area contributed by atoms with Crippen LogP contribution in [0.3, 0.4) is 0 Å². The van der Waals surface area contributed by atoms with Crippen molar-refractivity contribution in [3.63, 3.8) is 0 Å². The van der Waals surface area contributed by atoms with E-state index in [-0.39, 0.29) is 12.7 Å². The third-order valence-electron chi connectivity index (χ3n) is 6.74. The Labute approximate surface area is 222 Å². The van der Waals surface area contributed by atoms with Crippen LogP contribution < -0.4 is 4.90 Å². The molecule has 5 rings (SSSR count). The van der Waals surface area contributed by atoms with E-state index >= 15 is 0 Å². The highest BCUT2D eigenvalue weighted by Crippen LogP contribution is 2.30. The van der Waals surface area contributed by atoms with Gasteiger partial charge in [0.05, 0.1) is 22.8 Å². The smallest absolute Gasteiger partial charge is 0.108 e. The summed E-state index contributed by atoms with van der Waals surface area (Å²) in [7, 11) is 0. The number of benzene rings is 4. The monoisotopic (exact) mass is 520 g/mol. The van der Waals surface area contributed by atoms with E-state index < -0.39 is 6.10 Å². The van der Waals surface area contributed by atoms with E-state index in [0.29, 0.717) is 16.6 Å². The minimum atomic E-state index is -0.576. The van der Waals surface area contributed by atoms with Crippen molar-refractivity contribution in [3.8, 4) is 0 Å². The SMILES string of the molecule is OC(COC(c1ccccc1)c1ccc2ccccc2c1)CN1CCN(c2ccc(Cl)c(Cl)c2)CC1. The van der Waals surface area contributed by atoms with Crippen molar-refractivity contribution in [2.45, 2.75) is 12.2 Å². The van der Waals surface area contributed by atoms with E-state index in [1.165, 1.54) is 10.8 Å². The first kappa shape index (κ1) is 25.1. The number of ether oxygens (including phenoxy) is 1. The summed E-state index contributed by atoms with van der Waals surface area (Å²) in [5.74, 6) is 0. The molecule has 0 bridgehead atoms. The molecule has 0 aliphatic carbocycles. The summed E-state index contributed by atoms with van der Waals surface area (Å²) in [6.45, 7) is 4.31. The Balaban J connectivity index is 1.20. The van der Waals surface area contributed by atoms with Crippen molar-refractivity contribution in [2.75, 3.05) is 44.2 Å². The molecular formula is C30H30Cl2N2O2. The number of aliphatic hydroxyl groups excluding tert-OH is 1. The number of rotatable bonds is 8. The van der Waals surface area contributed by atoms with Crippen LogP contribution in [0, 0.1) is 0 Å². The van der Waals surface area contributed by atoms with Gasteiger partial charge in [-0.1, -0.05) is 89.9 Å². The fraction of sp³-hybridized carbons (Fsp3) is 0.267. The normalized spacial score (nSPS) is 16.2. The molecule has 4 nitrogen and oxygen atoms in total. The molecule has 0 amide bonds. The fourth-order valence-electron chi connectivity index (χ4n) is 4.81. The predicted octanol–water partition coefficient (Wildman–Crippen LogP) is 6.44. The number of β-amino-alcohol motifs (C(OH)–C–C–N with tert-alkyl or cyclic N) is 1. The summed E-state index contributed by atoms with van der Waals surface area (Å²) in [5, 5.41) is 14.4. The zero-order chi connectivity index (χ0) is 24.9. The van der Waals surface area contributed by atoms with Gasteiger partial charge in [0.1, 0.15) is 6.10 Å². The maximum Gasteiger partial charge on any atom is 0.108 e. The largest absolute Gasteiger partial charge is 0.389 e. The van der Waals surface area contributed by atoms with Crippen LogP contribution in [0.15, 0.2) is 91.0 Å². The molecule has 0 spiro atoms. The van der Waals surface area contributed by atoms with Crippen molar-refractivity contribution in [1.29, 1.82) is 0 Å². The van der Waals surface area contributed by atoms with Gasteiger partial charge in [-0.25, -0.2) is 0 Å². The number of hydrogen-bond donors (Lipinski definition) is 1. The average molecular weight is 521 g/mol. The lowest BCUT2D eigenvalue weighted by atomic mass is 9.98. The molecule has 4 aromatic rings. The predicted molar refractivity (Wildman–Crippen MR) is 149 cm³/mol. The first-order valence-electron chi connectivity index (χ1n) is 12.3. The van der Waals surface area contributed by atoms with Gasteiger partial charge < -0.3 is 14.7 Å². The minimum absolute atomic E-state index is 0.239. The Kier molecular flexibility index (Phi) is 8.10. The Morgan fingerprint density at radius 3 is 2.19 bits per heavy atom. The molecule has 186 valence electrons. The van der Waals surface area contributed by atoms with E-state index in [1.54, 1.807) is 0 Å². The van der Waals surface area contributed by atoms with Gasteiger partial charge in [0.15, 0.2) is 0 Å². The molecule has 1 aliphatic rings. The van der Waals surface area contributed by atoms with E-state index in [0.717, 1.165) is 43.0 Å². The van der Waals surface area contributed by atoms with Gasteiger partial charge in [-0.3, -0.25) is 4.90 Å². The highest BCUT2D eigenvalue weighted by atomic mass is 35.5. The second kappa shape index (κ2) is 11.6.